The first-order chi connectivity index (χ1) is 11.0. The van der Waals surface area contributed by atoms with Crippen molar-refractivity contribution in [3.63, 3.8) is 0 Å². The van der Waals surface area contributed by atoms with Crippen LogP contribution in [0.4, 0.5) is 5.69 Å². The van der Waals surface area contributed by atoms with E-state index in [4.69, 9.17) is 14.9 Å². The minimum absolute atomic E-state index is 0.0932. The van der Waals surface area contributed by atoms with Crippen molar-refractivity contribution in [1.82, 2.24) is 10.3 Å². The number of nitrogen functional groups attached to an aromatic ring is 1. The first kappa shape index (κ1) is 16.5. The fourth-order valence-corrected chi connectivity index (χ4v) is 2.01. The predicted octanol–water partition coefficient (Wildman–Crippen LogP) is 2.00. The number of ether oxygens (including phenoxy) is 1. The third-order valence-corrected chi connectivity index (χ3v) is 3.08. The summed E-state index contributed by atoms with van der Waals surface area (Å²) in [6.07, 6.45) is 1.35. The topological polar surface area (TPSA) is 107 Å². The van der Waals surface area contributed by atoms with Crippen molar-refractivity contribution in [2.75, 3.05) is 12.3 Å². The summed E-state index contributed by atoms with van der Waals surface area (Å²) in [7, 11) is 0. The van der Waals surface area contributed by atoms with Gasteiger partial charge in [0.15, 0.2) is 5.69 Å². The van der Waals surface area contributed by atoms with Crippen LogP contribution < -0.4 is 11.1 Å². The lowest BCUT2D eigenvalue weighted by Crippen LogP contribution is -2.34. The molecular formula is C16H19N3O4. The average molecular weight is 317 g/mol. The summed E-state index contributed by atoms with van der Waals surface area (Å²) in [5.41, 5.74) is 7.10. The molecule has 0 saturated heterocycles. The molecule has 1 atom stereocenters. The molecule has 3 N–H and O–H groups in total. The Hall–Kier alpha value is -2.83. The number of para-hydroxylation sites is 1. The van der Waals surface area contributed by atoms with Crippen LogP contribution >= 0.6 is 0 Å². The standard InChI is InChI=1S/C16H19N3O4/c1-3-22-14(20)8-10(2)18-15(21)13-9-23-16(19-13)11-6-4-5-7-12(11)17/h4-7,9-10H,3,8,17H2,1-2H3,(H,18,21). The molecule has 0 aliphatic heterocycles. The molecule has 23 heavy (non-hydrogen) atoms. The van der Waals surface area contributed by atoms with Crippen LogP contribution in [0.2, 0.25) is 0 Å². The number of carbonyl (C=O) groups excluding carboxylic acids is 2. The average Bonchev–Trinajstić information content (AvgIpc) is 2.97. The van der Waals surface area contributed by atoms with Crippen molar-refractivity contribution in [2.45, 2.75) is 26.3 Å². The van der Waals surface area contributed by atoms with E-state index in [9.17, 15) is 9.59 Å². The van der Waals surface area contributed by atoms with E-state index >= 15 is 0 Å². The molecule has 2 aromatic rings. The molecule has 0 aliphatic rings. The van der Waals surface area contributed by atoms with Crippen molar-refractivity contribution in [1.29, 1.82) is 0 Å². The molecule has 7 heteroatoms. The van der Waals surface area contributed by atoms with E-state index in [-0.39, 0.29) is 30.0 Å². The second kappa shape index (κ2) is 7.44. The molecule has 1 amide bonds. The Morgan fingerprint density at radius 3 is 2.83 bits per heavy atom. The second-order valence-corrected chi connectivity index (χ2v) is 5.01. The van der Waals surface area contributed by atoms with Crippen LogP contribution in [0, 0.1) is 0 Å². The SMILES string of the molecule is CCOC(=O)CC(C)NC(=O)c1coc(-c2ccccc2N)n1. The van der Waals surface area contributed by atoms with Gasteiger partial charge in [-0.2, -0.15) is 0 Å². The van der Waals surface area contributed by atoms with Crippen LogP contribution in [-0.4, -0.2) is 29.5 Å². The number of carbonyl (C=O) groups is 2. The highest BCUT2D eigenvalue weighted by atomic mass is 16.5. The van der Waals surface area contributed by atoms with Crippen molar-refractivity contribution in [2.24, 2.45) is 0 Å². The van der Waals surface area contributed by atoms with E-state index in [0.717, 1.165) is 0 Å². The largest absolute Gasteiger partial charge is 0.466 e. The summed E-state index contributed by atoms with van der Waals surface area (Å²) in [6.45, 7) is 3.75. The Bertz CT molecular complexity index is 696. The number of rotatable bonds is 6. The normalized spacial score (nSPS) is 11.7. The Morgan fingerprint density at radius 2 is 2.13 bits per heavy atom. The molecule has 1 unspecified atom stereocenters. The fourth-order valence-electron chi connectivity index (χ4n) is 2.01. The number of amides is 1. The van der Waals surface area contributed by atoms with E-state index < -0.39 is 5.91 Å². The number of oxazole rings is 1. The number of nitrogens with one attached hydrogen (secondary N) is 1. The maximum absolute atomic E-state index is 12.1. The van der Waals surface area contributed by atoms with Crippen molar-refractivity contribution >= 4 is 17.6 Å². The molecule has 122 valence electrons. The molecule has 0 radical (unpaired) electrons. The van der Waals surface area contributed by atoms with Gasteiger partial charge in [0.2, 0.25) is 5.89 Å². The van der Waals surface area contributed by atoms with Gasteiger partial charge in [-0.3, -0.25) is 9.59 Å². The number of hydrogen-bond donors (Lipinski definition) is 2. The van der Waals surface area contributed by atoms with Crippen LogP contribution in [0.1, 0.15) is 30.8 Å². The molecule has 0 bridgehead atoms. The van der Waals surface area contributed by atoms with Gasteiger partial charge in [-0.15, -0.1) is 0 Å². The smallest absolute Gasteiger partial charge is 0.307 e. The van der Waals surface area contributed by atoms with E-state index in [1.807, 2.05) is 0 Å². The van der Waals surface area contributed by atoms with Crippen molar-refractivity contribution in [3.8, 4) is 11.5 Å². The van der Waals surface area contributed by atoms with Gasteiger partial charge < -0.3 is 20.2 Å². The third-order valence-electron chi connectivity index (χ3n) is 3.08. The Balaban J connectivity index is 2.01. The van der Waals surface area contributed by atoms with Crippen LogP contribution in [-0.2, 0) is 9.53 Å². The lowest BCUT2D eigenvalue weighted by Gasteiger charge is -2.11. The highest BCUT2D eigenvalue weighted by molar-refractivity contribution is 5.93. The lowest BCUT2D eigenvalue weighted by atomic mass is 10.2. The number of hydrogen-bond acceptors (Lipinski definition) is 6. The van der Waals surface area contributed by atoms with Crippen LogP contribution in [0.5, 0.6) is 0 Å². The summed E-state index contributed by atoms with van der Waals surface area (Å²) >= 11 is 0. The van der Waals surface area contributed by atoms with Crippen molar-refractivity contribution < 1.29 is 18.7 Å². The summed E-state index contributed by atoms with van der Waals surface area (Å²) in [4.78, 5) is 27.6. The zero-order valence-corrected chi connectivity index (χ0v) is 13.0. The molecule has 2 rings (SSSR count). The molecule has 1 aromatic heterocycles. The van der Waals surface area contributed by atoms with Gasteiger partial charge in [-0.25, -0.2) is 4.98 Å². The van der Waals surface area contributed by atoms with Crippen molar-refractivity contribution in [3.05, 3.63) is 36.2 Å². The number of nitrogens with two attached hydrogens (primary N) is 1. The highest BCUT2D eigenvalue weighted by Gasteiger charge is 2.18. The molecule has 7 nitrogen and oxygen atoms in total. The Labute approximate surface area is 133 Å². The Kier molecular flexibility index (Phi) is 5.35. The number of benzene rings is 1. The number of esters is 1. The van der Waals surface area contributed by atoms with Gasteiger partial charge in [0.25, 0.3) is 5.91 Å². The van der Waals surface area contributed by atoms with E-state index in [2.05, 4.69) is 10.3 Å². The molecule has 1 aromatic carbocycles. The van der Waals surface area contributed by atoms with Gasteiger partial charge in [0, 0.05) is 11.7 Å². The van der Waals surface area contributed by atoms with Crippen LogP contribution in [0.25, 0.3) is 11.5 Å². The van der Waals surface area contributed by atoms with Gasteiger partial charge >= 0.3 is 5.97 Å². The number of anilines is 1. The molecule has 1 heterocycles. The number of nitrogens with zero attached hydrogens (tertiary/aromatic N) is 1. The maximum atomic E-state index is 12.1. The maximum Gasteiger partial charge on any atom is 0.307 e. The molecule has 0 fully saturated rings. The zero-order chi connectivity index (χ0) is 16.8. The predicted molar refractivity (Wildman–Crippen MR) is 84.5 cm³/mol. The summed E-state index contributed by atoms with van der Waals surface area (Å²) < 4.78 is 10.1. The second-order valence-electron chi connectivity index (χ2n) is 5.01. The van der Waals surface area contributed by atoms with Crippen LogP contribution in [0.15, 0.2) is 34.9 Å². The van der Waals surface area contributed by atoms with Gasteiger partial charge in [-0.05, 0) is 26.0 Å². The quantitative estimate of drug-likeness (QED) is 0.623. The number of aromatic nitrogens is 1. The highest BCUT2D eigenvalue weighted by Crippen LogP contribution is 2.24. The van der Waals surface area contributed by atoms with E-state index in [1.165, 1.54) is 6.26 Å². The first-order valence-corrected chi connectivity index (χ1v) is 7.28. The molecule has 0 saturated carbocycles. The van der Waals surface area contributed by atoms with E-state index in [1.54, 1.807) is 38.1 Å². The first-order valence-electron chi connectivity index (χ1n) is 7.28. The lowest BCUT2D eigenvalue weighted by molar-refractivity contribution is -0.143. The minimum Gasteiger partial charge on any atom is -0.466 e. The monoisotopic (exact) mass is 317 g/mol. The van der Waals surface area contributed by atoms with E-state index in [0.29, 0.717) is 17.9 Å². The third kappa shape index (κ3) is 4.32. The zero-order valence-electron chi connectivity index (χ0n) is 13.0. The molecular weight excluding hydrogens is 298 g/mol. The van der Waals surface area contributed by atoms with Gasteiger partial charge in [0.1, 0.15) is 6.26 Å². The minimum atomic E-state index is -0.425. The molecule has 0 aliphatic carbocycles. The van der Waals surface area contributed by atoms with Crippen LogP contribution in [0.3, 0.4) is 0 Å². The molecule has 0 spiro atoms. The Morgan fingerprint density at radius 1 is 1.39 bits per heavy atom. The summed E-state index contributed by atoms with van der Waals surface area (Å²) in [5.74, 6) is -0.518. The van der Waals surface area contributed by atoms with Gasteiger partial charge in [0.05, 0.1) is 18.6 Å². The summed E-state index contributed by atoms with van der Waals surface area (Å²) in [5, 5.41) is 2.67. The van der Waals surface area contributed by atoms with Gasteiger partial charge in [-0.1, -0.05) is 12.1 Å². The summed E-state index contributed by atoms with van der Waals surface area (Å²) in [6, 6.07) is 6.71. The fraction of sp³-hybridized carbons (Fsp3) is 0.312.